The number of nitro benzene ring substituents is 1. The van der Waals surface area contributed by atoms with Crippen molar-refractivity contribution in [1.82, 2.24) is 5.32 Å². The number of esters is 3. The summed E-state index contributed by atoms with van der Waals surface area (Å²) in [6.07, 6.45) is -5.28. The van der Waals surface area contributed by atoms with Crippen LogP contribution in [0.3, 0.4) is 0 Å². The van der Waals surface area contributed by atoms with E-state index in [1.807, 2.05) is 0 Å². The summed E-state index contributed by atoms with van der Waals surface area (Å²) in [5.41, 5.74) is -0.384. The van der Waals surface area contributed by atoms with E-state index < -0.39 is 66.0 Å². The van der Waals surface area contributed by atoms with Gasteiger partial charge in [0.05, 0.1) is 4.92 Å². The fourth-order valence-corrected chi connectivity index (χ4v) is 3.22. The Hall–Kier alpha value is -3.74. The summed E-state index contributed by atoms with van der Waals surface area (Å²) in [6, 6.07) is 4.18. The molecule has 0 radical (unpaired) electrons. The Morgan fingerprint density at radius 1 is 1.00 bits per heavy atom. The molecule has 1 aromatic carbocycles. The molecular formula is C20H24N2O11. The third-order valence-corrected chi connectivity index (χ3v) is 4.38. The van der Waals surface area contributed by atoms with Crippen LogP contribution < -0.4 is 10.1 Å². The van der Waals surface area contributed by atoms with E-state index in [2.05, 4.69) is 5.32 Å². The van der Waals surface area contributed by atoms with Gasteiger partial charge in [0.25, 0.3) is 0 Å². The molecule has 1 aromatic rings. The van der Waals surface area contributed by atoms with Crippen molar-refractivity contribution >= 4 is 29.5 Å². The second-order valence-corrected chi connectivity index (χ2v) is 7.06. The number of hydrogen-bond donors (Lipinski definition) is 1. The van der Waals surface area contributed by atoms with Crippen LogP contribution in [-0.4, -0.2) is 66.0 Å². The van der Waals surface area contributed by atoms with Crippen LogP contribution in [-0.2, 0) is 38.1 Å². The van der Waals surface area contributed by atoms with Crippen molar-refractivity contribution in [2.75, 3.05) is 6.61 Å². The summed E-state index contributed by atoms with van der Waals surface area (Å²) in [5, 5.41) is 13.9. The lowest BCUT2D eigenvalue weighted by Gasteiger charge is -2.44. The predicted molar refractivity (Wildman–Crippen MR) is 108 cm³/mol. The second kappa shape index (κ2) is 11.2. The number of carbonyl (C=O) groups excluding carboxylic acids is 4. The molecule has 0 spiro atoms. The standard InChI is InChI=1S/C20H24N2O11/c1-10(23)21-17-19(31-13(4)26)18(30-12(3)25)16(9-29-11(2)24)33-20(17)32-15-8-6-5-7-14(15)22(27)28/h5-8,16-20H,9H2,1-4H3,(H,21,23)/t16-,17+,18+,19-,20-/m0/s1. The normalized spacial score (nSPS) is 24.2. The monoisotopic (exact) mass is 468 g/mol. The zero-order chi connectivity index (χ0) is 24.7. The summed E-state index contributed by atoms with van der Waals surface area (Å²) in [4.78, 5) is 57.5. The molecule has 0 saturated carbocycles. The highest BCUT2D eigenvalue weighted by Gasteiger charge is 2.52. The van der Waals surface area contributed by atoms with Gasteiger partial charge in [0.15, 0.2) is 18.0 Å². The van der Waals surface area contributed by atoms with Crippen molar-refractivity contribution in [3.8, 4) is 5.75 Å². The first-order chi connectivity index (χ1) is 15.5. The van der Waals surface area contributed by atoms with Gasteiger partial charge in [0.1, 0.15) is 18.8 Å². The number of para-hydroxylation sites is 2. The highest BCUT2D eigenvalue weighted by atomic mass is 16.7. The highest BCUT2D eigenvalue weighted by molar-refractivity contribution is 5.73. The van der Waals surface area contributed by atoms with Gasteiger partial charge in [-0.1, -0.05) is 12.1 Å². The first-order valence-electron chi connectivity index (χ1n) is 9.80. The molecule has 0 bridgehead atoms. The van der Waals surface area contributed by atoms with E-state index in [0.717, 1.165) is 20.8 Å². The molecule has 1 heterocycles. The highest BCUT2D eigenvalue weighted by Crippen LogP contribution is 2.32. The van der Waals surface area contributed by atoms with Crippen LogP contribution in [0.25, 0.3) is 0 Å². The first-order valence-corrected chi connectivity index (χ1v) is 9.80. The number of nitro groups is 1. The van der Waals surface area contributed by atoms with Crippen LogP contribution >= 0.6 is 0 Å². The maximum atomic E-state index is 11.9. The molecule has 33 heavy (non-hydrogen) atoms. The van der Waals surface area contributed by atoms with Crippen molar-refractivity contribution in [1.29, 1.82) is 0 Å². The predicted octanol–water partition coefficient (Wildman–Crippen LogP) is 0.630. The molecule has 0 aliphatic carbocycles. The summed E-state index contributed by atoms with van der Waals surface area (Å²) in [7, 11) is 0. The number of rotatable bonds is 8. The molecule has 1 saturated heterocycles. The molecule has 13 heteroatoms. The molecule has 2 rings (SSSR count). The molecular weight excluding hydrogens is 444 g/mol. The van der Waals surface area contributed by atoms with Crippen LogP contribution in [0.4, 0.5) is 5.69 Å². The number of nitrogens with zero attached hydrogens (tertiary/aromatic N) is 1. The van der Waals surface area contributed by atoms with Gasteiger partial charge in [-0.25, -0.2) is 0 Å². The van der Waals surface area contributed by atoms with Crippen molar-refractivity contribution in [2.45, 2.75) is 58.3 Å². The maximum absolute atomic E-state index is 11.9. The van der Waals surface area contributed by atoms with Crippen LogP contribution in [0, 0.1) is 10.1 Å². The SMILES string of the molecule is CC(=O)N[C@H]1[C@@H](Oc2ccccc2[N+](=O)[O-])O[C@@H](COC(C)=O)[C@@H](OC(C)=O)[C@H]1OC(C)=O. The lowest BCUT2D eigenvalue weighted by Crippen LogP contribution is -2.67. The summed E-state index contributed by atoms with van der Waals surface area (Å²) < 4.78 is 27.1. The quantitative estimate of drug-likeness (QED) is 0.246. The average molecular weight is 468 g/mol. The molecule has 0 aromatic heterocycles. The Balaban J connectivity index is 2.51. The average Bonchev–Trinajstić information content (AvgIpc) is 2.70. The molecule has 1 fully saturated rings. The van der Waals surface area contributed by atoms with Crippen molar-refractivity contribution < 1.29 is 47.8 Å². The van der Waals surface area contributed by atoms with Gasteiger partial charge in [-0.2, -0.15) is 0 Å². The smallest absolute Gasteiger partial charge is 0.311 e. The molecule has 1 aliphatic heterocycles. The van der Waals surface area contributed by atoms with E-state index >= 15 is 0 Å². The summed E-state index contributed by atoms with van der Waals surface area (Å²) in [6.45, 7) is 4.11. The van der Waals surface area contributed by atoms with Gasteiger partial charge in [-0.3, -0.25) is 29.3 Å². The van der Waals surface area contributed by atoms with E-state index in [0.29, 0.717) is 0 Å². The molecule has 0 unspecified atom stereocenters. The zero-order valence-corrected chi connectivity index (χ0v) is 18.3. The van der Waals surface area contributed by atoms with E-state index in [-0.39, 0.29) is 11.4 Å². The van der Waals surface area contributed by atoms with Crippen molar-refractivity contribution in [3.63, 3.8) is 0 Å². The minimum absolute atomic E-state index is 0.193. The van der Waals surface area contributed by atoms with E-state index in [1.165, 1.54) is 31.2 Å². The number of nitrogens with one attached hydrogen (secondary N) is 1. The summed E-state index contributed by atoms with van der Waals surface area (Å²) >= 11 is 0. The minimum Gasteiger partial charge on any atom is -0.463 e. The number of amides is 1. The fourth-order valence-electron chi connectivity index (χ4n) is 3.22. The second-order valence-electron chi connectivity index (χ2n) is 7.06. The van der Waals surface area contributed by atoms with E-state index in [4.69, 9.17) is 23.7 Å². The van der Waals surface area contributed by atoms with Crippen molar-refractivity contribution in [2.24, 2.45) is 0 Å². The Kier molecular flexibility index (Phi) is 8.68. The number of carbonyl (C=O) groups is 4. The number of ether oxygens (including phenoxy) is 5. The number of hydrogen-bond acceptors (Lipinski definition) is 11. The lowest BCUT2D eigenvalue weighted by molar-refractivity contribution is -0.386. The van der Waals surface area contributed by atoms with Crippen LogP contribution in [0.15, 0.2) is 24.3 Å². The Labute approximate surface area is 188 Å². The van der Waals surface area contributed by atoms with Crippen LogP contribution in [0.2, 0.25) is 0 Å². The van der Waals surface area contributed by atoms with Gasteiger partial charge in [0.2, 0.25) is 12.2 Å². The van der Waals surface area contributed by atoms with Gasteiger partial charge in [0, 0.05) is 33.8 Å². The van der Waals surface area contributed by atoms with Gasteiger partial charge < -0.3 is 29.0 Å². The lowest BCUT2D eigenvalue weighted by atomic mass is 9.96. The Morgan fingerprint density at radius 2 is 1.61 bits per heavy atom. The van der Waals surface area contributed by atoms with Gasteiger partial charge in [-0.15, -0.1) is 0 Å². The molecule has 180 valence electrons. The maximum Gasteiger partial charge on any atom is 0.311 e. The largest absolute Gasteiger partial charge is 0.463 e. The van der Waals surface area contributed by atoms with E-state index in [9.17, 15) is 29.3 Å². The van der Waals surface area contributed by atoms with Crippen LogP contribution in [0.5, 0.6) is 5.75 Å². The third kappa shape index (κ3) is 7.14. The van der Waals surface area contributed by atoms with Crippen molar-refractivity contribution in [3.05, 3.63) is 34.4 Å². The molecule has 1 amide bonds. The number of benzene rings is 1. The third-order valence-electron chi connectivity index (χ3n) is 4.38. The first kappa shape index (κ1) is 25.5. The molecule has 1 aliphatic rings. The zero-order valence-electron chi connectivity index (χ0n) is 18.3. The molecule has 5 atom stereocenters. The minimum atomic E-state index is -1.45. The topological polar surface area (TPSA) is 170 Å². The molecule has 1 N–H and O–H groups in total. The molecule has 13 nitrogen and oxygen atoms in total. The summed E-state index contributed by atoms with van der Waals surface area (Å²) in [5.74, 6) is -2.96. The van der Waals surface area contributed by atoms with Gasteiger partial charge >= 0.3 is 23.6 Å². The Bertz CT molecular complexity index is 919. The van der Waals surface area contributed by atoms with Crippen LogP contribution in [0.1, 0.15) is 27.7 Å². The Morgan fingerprint density at radius 3 is 2.15 bits per heavy atom. The fraction of sp³-hybridized carbons (Fsp3) is 0.500. The van der Waals surface area contributed by atoms with Gasteiger partial charge in [-0.05, 0) is 6.07 Å². The van der Waals surface area contributed by atoms with E-state index in [1.54, 1.807) is 0 Å².